The van der Waals surface area contributed by atoms with Gasteiger partial charge in [-0.3, -0.25) is 4.79 Å². The Morgan fingerprint density at radius 2 is 1.58 bits per heavy atom. The van der Waals surface area contributed by atoms with Gasteiger partial charge in [0, 0.05) is 0 Å². The lowest BCUT2D eigenvalue weighted by Crippen LogP contribution is -2.50. The summed E-state index contributed by atoms with van der Waals surface area (Å²) in [5.74, 6) is -1.18. The standard InChI is InChI=1S/C10H17FN4O4/c1-14(2,18)6-12-5-8(11)9(16)13(10(12)17)7-15(3,4)19/h5H,6-7H2,1-4H3. The van der Waals surface area contributed by atoms with Gasteiger partial charge in [-0.05, 0) is 0 Å². The molecule has 9 heteroatoms. The average Bonchev–Trinajstić information content (AvgIpc) is 2.17. The Kier molecular flexibility index (Phi) is 3.96. The average molecular weight is 276 g/mol. The van der Waals surface area contributed by atoms with Crippen molar-refractivity contribution in [1.82, 2.24) is 9.13 Å². The van der Waals surface area contributed by atoms with Crippen molar-refractivity contribution in [1.29, 1.82) is 0 Å². The zero-order valence-corrected chi connectivity index (χ0v) is 11.3. The first-order valence-electron chi connectivity index (χ1n) is 5.48. The second-order valence-corrected chi connectivity index (χ2v) is 5.39. The fraction of sp³-hybridized carbons (Fsp3) is 0.600. The normalized spacial score (nSPS) is 12.8. The second-order valence-electron chi connectivity index (χ2n) is 5.39. The van der Waals surface area contributed by atoms with Crippen LogP contribution in [-0.2, 0) is 13.3 Å². The summed E-state index contributed by atoms with van der Waals surface area (Å²) in [6, 6.07) is 0. The van der Waals surface area contributed by atoms with Gasteiger partial charge in [0.1, 0.15) is 0 Å². The van der Waals surface area contributed by atoms with Crippen molar-refractivity contribution < 1.29 is 13.7 Å². The van der Waals surface area contributed by atoms with Crippen LogP contribution in [-0.4, -0.2) is 46.6 Å². The minimum Gasteiger partial charge on any atom is -0.632 e. The van der Waals surface area contributed by atoms with Crippen molar-refractivity contribution in [3.8, 4) is 0 Å². The molecule has 0 aliphatic rings. The van der Waals surface area contributed by atoms with Crippen LogP contribution >= 0.6 is 0 Å². The highest BCUT2D eigenvalue weighted by Gasteiger charge is 2.17. The van der Waals surface area contributed by atoms with E-state index in [4.69, 9.17) is 0 Å². The summed E-state index contributed by atoms with van der Waals surface area (Å²) in [7, 11) is 4.98. The van der Waals surface area contributed by atoms with E-state index in [0.29, 0.717) is 10.8 Å². The van der Waals surface area contributed by atoms with E-state index in [1.54, 1.807) is 0 Å². The molecular formula is C10H17FN4O4. The predicted octanol–water partition coefficient (Wildman–Crippen LogP) is -0.787. The molecule has 0 spiro atoms. The molecule has 1 aromatic heterocycles. The first-order chi connectivity index (χ1) is 8.41. The van der Waals surface area contributed by atoms with Gasteiger partial charge >= 0.3 is 5.69 Å². The minimum atomic E-state index is -1.18. The summed E-state index contributed by atoms with van der Waals surface area (Å²) in [6.07, 6.45) is 0.684. The fourth-order valence-corrected chi connectivity index (χ4v) is 1.55. The molecule has 1 rings (SSSR count). The van der Waals surface area contributed by atoms with Crippen LogP contribution in [0.3, 0.4) is 0 Å². The zero-order chi connectivity index (χ0) is 15.0. The predicted molar refractivity (Wildman–Crippen MR) is 65.9 cm³/mol. The molecule has 0 aromatic carbocycles. The summed E-state index contributed by atoms with van der Waals surface area (Å²) in [6.45, 7) is -0.885. The number of halogens is 1. The third-order valence-electron chi connectivity index (χ3n) is 2.17. The fourth-order valence-electron chi connectivity index (χ4n) is 1.55. The minimum absolute atomic E-state index is 0.359. The van der Waals surface area contributed by atoms with Crippen molar-refractivity contribution in [2.75, 3.05) is 28.2 Å². The number of hydrogen-bond donors (Lipinski definition) is 0. The van der Waals surface area contributed by atoms with Gasteiger partial charge in [-0.1, -0.05) is 0 Å². The van der Waals surface area contributed by atoms with E-state index in [-0.39, 0.29) is 6.67 Å². The maximum Gasteiger partial charge on any atom is 0.340 e. The molecule has 0 fully saturated rings. The van der Waals surface area contributed by atoms with Gasteiger partial charge in [-0.15, -0.1) is 0 Å². The van der Waals surface area contributed by atoms with E-state index in [1.807, 2.05) is 0 Å². The molecule has 0 amide bonds. The molecule has 8 nitrogen and oxygen atoms in total. The van der Waals surface area contributed by atoms with Crippen molar-refractivity contribution in [3.63, 3.8) is 0 Å². The number of aromatic nitrogens is 2. The molecule has 0 bridgehead atoms. The van der Waals surface area contributed by atoms with E-state index in [1.165, 1.54) is 28.2 Å². The van der Waals surface area contributed by atoms with Gasteiger partial charge in [0.25, 0.3) is 5.56 Å². The van der Waals surface area contributed by atoms with Gasteiger partial charge < -0.3 is 19.7 Å². The number of hydroxylamine groups is 6. The van der Waals surface area contributed by atoms with E-state index in [9.17, 15) is 24.4 Å². The van der Waals surface area contributed by atoms with Crippen LogP contribution in [0.15, 0.2) is 15.8 Å². The van der Waals surface area contributed by atoms with Gasteiger partial charge in [-0.25, -0.2) is 13.9 Å². The monoisotopic (exact) mass is 276 g/mol. The van der Waals surface area contributed by atoms with E-state index < -0.39 is 33.0 Å². The zero-order valence-electron chi connectivity index (χ0n) is 11.3. The van der Waals surface area contributed by atoms with Gasteiger partial charge in [0.05, 0.1) is 34.4 Å². The molecule has 1 heterocycles. The Labute approximate surface area is 108 Å². The van der Waals surface area contributed by atoms with Crippen molar-refractivity contribution >= 4 is 0 Å². The largest absolute Gasteiger partial charge is 0.632 e. The van der Waals surface area contributed by atoms with Gasteiger partial charge in [0.2, 0.25) is 5.82 Å². The van der Waals surface area contributed by atoms with Crippen LogP contribution in [0, 0.1) is 16.2 Å². The smallest absolute Gasteiger partial charge is 0.340 e. The molecule has 0 saturated carbocycles. The van der Waals surface area contributed by atoms with Crippen LogP contribution in [0.2, 0.25) is 0 Å². The van der Waals surface area contributed by atoms with Crippen LogP contribution < -0.4 is 11.2 Å². The third kappa shape index (κ3) is 4.24. The third-order valence-corrected chi connectivity index (χ3v) is 2.17. The maximum absolute atomic E-state index is 13.5. The molecule has 0 saturated heterocycles. The molecule has 0 atom stereocenters. The summed E-state index contributed by atoms with van der Waals surface area (Å²) in [4.78, 5) is 23.5. The van der Waals surface area contributed by atoms with Gasteiger partial charge in [0.15, 0.2) is 13.3 Å². The first-order valence-corrected chi connectivity index (χ1v) is 5.48. The maximum atomic E-state index is 13.5. The Balaban J connectivity index is 3.40. The lowest BCUT2D eigenvalue weighted by Gasteiger charge is -2.35. The molecule has 108 valence electrons. The topological polar surface area (TPSA) is 90.1 Å². The quantitative estimate of drug-likeness (QED) is 0.532. The molecule has 0 N–H and O–H groups in total. The molecule has 0 unspecified atom stereocenters. The highest BCUT2D eigenvalue weighted by molar-refractivity contribution is 4.89. The summed E-state index contributed by atoms with van der Waals surface area (Å²) in [5, 5.41) is 23.0. The Morgan fingerprint density at radius 3 is 2.00 bits per heavy atom. The SMILES string of the molecule is C[N+](C)([O-])Cn1cc(F)c(=O)n(C[N+](C)(C)[O-])c1=O. The highest BCUT2D eigenvalue weighted by Crippen LogP contribution is 1.98. The molecule has 0 radical (unpaired) electrons. The molecule has 19 heavy (non-hydrogen) atoms. The highest BCUT2D eigenvalue weighted by atomic mass is 19.1. The molecule has 0 aliphatic heterocycles. The molecule has 1 aromatic rings. The Hall–Kier alpha value is -1.55. The van der Waals surface area contributed by atoms with Crippen LogP contribution in [0.1, 0.15) is 0 Å². The Morgan fingerprint density at radius 1 is 1.11 bits per heavy atom. The molecule has 0 aliphatic carbocycles. The molecular weight excluding hydrogens is 259 g/mol. The van der Waals surface area contributed by atoms with E-state index >= 15 is 0 Å². The first kappa shape index (κ1) is 15.5. The summed E-state index contributed by atoms with van der Waals surface area (Å²) in [5.41, 5.74) is -2.05. The van der Waals surface area contributed by atoms with Crippen molar-refractivity contribution in [2.45, 2.75) is 13.3 Å². The van der Waals surface area contributed by atoms with E-state index in [0.717, 1.165) is 4.57 Å². The van der Waals surface area contributed by atoms with Crippen LogP contribution in [0.4, 0.5) is 4.39 Å². The number of nitrogens with zero attached hydrogens (tertiary/aromatic N) is 4. The number of rotatable bonds is 4. The Bertz CT molecular complexity index is 579. The van der Waals surface area contributed by atoms with Crippen molar-refractivity contribution in [3.05, 3.63) is 43.3 Å². The van der Waals surface area contributed by atoms with Gasteiger partial charge in [-0.2, -0.15) is 4.39 Å². The number of quaternary nitrogens is 2. The summed E-state index contributed by atoms with van der Waals surface area (Å²) >= 11 is 0. The number of hydrogen-bond acceptors (Lipinski definition) is 4. The van der Waals surface area contributed by atoms with Crippen LogP contribution in [0.5, 0.6) is 0 Å². The second kappa shape index (κ2) is 4.85. The summed E-state index contributed by atoms with van der Waals surface area (Å²) < 4.78 is 12.9. The van der Waals surface area contributed by atoms with Crippen LogP contribution in [0.25, 0.3) is 0 Å². The van der Waals surface area contributed by atoms with Crippen molar-refractivity contribution in [2.24, 2.45) is 0 Å². The lowest BCUT2D eigenvalue weighted by atomic mass is 10.5. The van der Waals surface area contributed by atoms with E-state index in [2.05, 4.69) is 0 Å². The lowest BCUT2D eigenvalue weighted by molar-refractivity contribution is -0.865.